The van der Waals surface area contributed by atoms with Crippen molar-refractivity contribution in [3.8, 4) is 0 Å². The first kappa shape index (κ1) is 64.9. The third kappa shape index (κ3) is 34.2. The molecule has 6 unspecified atom stereocenters. The maximum atomic E-state index is 12.7. The first-order valence-electron chi connectivity index (χ1n) is 21.9. The second-order valence-electron chi connectivity index (χ2n) is 15.1. The molecule has 10 N–H and O–H groups in total. The Morgan fingerprint density at radius 2 is 0.559 bits per heavy atom. The van der Waals surface area contributed by atoms with Crippen molar-refractivity contribution < 1.29 is 39.0 Å². The molecule has 6 atom stereocenters. The highest BCUT2D eigenvalue weighted by atomic mass is 16.4. The smallest absolute Gasteiger partial charge is 0.326 e. The van der Waals surface area contributed by atoms with Crippen molar-refractivity contribution in [2.24, 2.45) is 11.5 Å². The van der Waals surface area contributed by atoms with Crippen LogP contribution in [0, 0.1) is 0 Å². The van der Waals surface area contributed by atoms with Crippen molar-refractivity contribution in [2.45, 2.75) is 254 Å². The lowest BCUT2D eigenvalue weighted by Gasteiger charge is -2.23. The van der Waals surface area contributed by atoms with E-state index in [1.807, 2.05) is 13.8 Å². The summed E-state index contributed by atoms with van der Waals surface area (Å²) in [5.74, 6) is -3.64. The zero-order valence-corrected chi connectivity index (χ0v) is 35.9. The Morgan fingerprint density at radius 1 is 0.356 bits per heavy atom. The Morgan fingerprint density at radius 3 is 0.780 bits per heavy atom. The number of carbonyl (C=O) groups is 6. The first-order valence-corrected chi connectivity index (χ1v) is 21.9. The Hall–Kier alpha value is -3.26. The van der Waals surface area contributed by atoms with Gasteiger partial charge in [-0.15, -0.1) is 0 Å². The Labute approximate surface area is 360 Å². The van der Waals surface area contributed by atoms with Crippen molar-refractivity contribution in [1.82, 2.24) is 21.3 Å². The molecule has 0 aromatic carbocycles. The van der Waals surface area contributed by atoms with Crippen molar-refractivity contribution in [3.05, 3.63) is 0 Å². The van der Waals surface area contributed by atoms with E-state index in [1.165, 1.54) is 0 Å². The third-order valence-electron chi connectivity index (χ3n) is 9.79. The number of carboxylic acid groups (broad SMARTS) is 2. The van der Waals surface area contributed by atoms with Gasteiger partial charge in [0.15, 0.2) is 0 Å². The van der Waals surface area contributed by atoms with Crippen molar-refractivity contribution in [2.75, 3.05) is 0 Å². The van der Waals surface area contributed by atoms with Gasteiger partial charge in [-0.1, -0.05) is 179 Å². The second kappa shape index (κ2) is 42.8. The van der Waals surface area contributed by atoms with Gasteiger partial charge >= 0.3 is 11.9 Å². The van der Waals surface area contributed by atoms with Gasteiger partial charge in [-0.25, -0.2) is 9.59 Å². The van der Waals surface area contributed by atoms with Gasteiger partial charge in [0, 0.05) is 0 Å². The summed E-state index contributed by atoms with van der Waals surface area (Å²) < 4.78 is 0. The quantitative estimate of drug-likeness (QED) is 0.0289. The van der Waals surface area contributed by atoms with Crippen LogP contribution in [0.1, 0.15) is 218 Å². The van der Waals surface area contributed by atoms with Crippen molar-refractivity contribution >= 4 is 35.6 Å². The summed E-state index contributed by atoms with van der Waals surface area (Å²) >= 11 is 0. The van der Waals surface area contributed by atoms with Gasteiger partial charge in [-0.3, -0.25) is 19.2 Å². The van der Waals surface area contributed by atoms with E-state index in [2.05, 4.69) is 49.0 Å². The highest BCUT2D eigenvalue weighted by Crippen LogP contribution is 2.11. The van der Waals surface area contributed by atoms with Crippen LogP contribution in [0.4, 0.5) is 0 Å². The van der Waals surface area contributed by atoms with Crippen molar-refractivity contribution in [3.63, 3.8) is 0 Å². The lowest BCUT2D eigenvalue weighted by molar-refractivity contribution is -0.143. The zero-order chi connectivity index (χ0) is 42.7. The van der Waals surface area contributed by atoms with E-state index in [0.29, 0.717) is 38.5 Å². The van der Waals surface area contributed by atoms with E-state index in [-0.39, 0.29) is 34.1 Å². The van der Waals surface area contributed by atoms with Crippen LogP contribution in [0.25, 0.3) is 0 Å². The molecule has 0 heterocycles. The van der Waals surface area contributed by atoms with E-state index in [0.717, 1.165) is 116 Å². The van der Waals surface area contributed by atoms with Gasteiger partial charge in [-0.2, -0.15) is 0 Å². The van der Waals surface area contributed by atoms with E-state index < -0.39 is 60.0 Å². The van der Waals surface area contributed by atoms with Crippen LogP contribution in [0.5, 0.6) is 0 Å². The number of carboxylic acids is 2. The molecule has 352 valence electrons. The molecular formula is C45H94N6O8. The molecule has 0 aliphatic carbocycles. The predicted molar refractivity (Wildman–Crippen MR) is 244 cm³/mol. The number of nitrogens with two attached hydrogens (primary N) is 2. The van der Waals surface area contributed by atoms with Crippen LogP contribution in [-0.4, -0.2) is 82.0 Å². The summed E-state index contributed by atoms with van der Waals surface area (Å²) in [6.07, 6.45) is 19.5. The lowest BCUT2D eigenvalue weighted by Crippen LogP contribution is -2.54. The number of aliphatic carboxylic acids is 2. The molecule has 0 bridgehead atoms. The second-order valence-corrected chi connectivity index (χ2v) is 15.1. The molecule has 0 aromatic heterocycles. The molecule has 0 aliphatic rings. The Bertz CT molecular complexity index is 997. The lowest BCUT2D eigenvalue weighted by atomic mass is 10.0. The van der Waals surface area contributed by atoms with E-state index in [4.69, 9.17) is 11.5 Å². The van der Waals surface area contributed by atoms with Crippen LogP contribution in [-0.2, 0) is 28.8 Å². The zero-order valence-electron chi connectivity index (χ0n) is 35.9. The topological polar surface area (TPSA) is 243 Å². The van der Waals surface area contributed by atoms with Crippen molar-refractivity contribution in [1.29, 1.82) is 0 Å². The molecule has 0 spiro atoms. The van der Waals surface area contributed by atoms with Gasteiger partial charge < -0.3 is 42.9 Å². The molecule has 0 fully saturated rings. The predicted octanol–water partition coefficient (Wildman–Crippen LogP) is 8.13. The van der Waals surface area contributed by atoms with Crippen LogP contribution >= 0.6 is 0 Å². The summed E-state index contributed by atoms with van der Waals surface area (Å²) in [5.41, 5.74) is 11.9. The number of hydrogen-bond donors (Lipinski definition) is 8. The molecule has 0 rings (SSSR count). The molecule has 0 aromatic rings. The van der Waals surface area contributed by atoms with Gasteiger partial charge in [-0.05, 0) is 38.5 Å². The monoisotopic (exact) mass is 847 g/mol. The van der Waals surface area contributed by atoms with Gasteiger partial charge in [0.1, 0.15) is 24.2 Å². The SMILES string of the molecule is C.C.C.CCCCCC(N)C(=O)NC(CCCCC)C(=O)NC(CCCCC)C(=O)O.CCCCCC(N)C(=O)NC(CCCCC)C(=O)NC(CCCCC)C(=O)O. The highest BCUT2D eigenvalue weighted by Gasteiger charge is 2.29. The third-order valence-corrected chi connectivity index (χ3v) is 9.79. The fourth-order valence-electron chi connectivity index (χ4n) is 6.04. The molecule has 14 nitrogen and oxygen atoms in total. The average molecular weight is 847 g/mol. The number of rotatable bonds is 34. The normalized spacial score (nSPS) is 13.4. The number of carbonyl (C=O) groups excluding carboxylic acids is 4. The number of hydrogen-bond acceptors (Lipinski definition) is 8. The molecule has 0 saturated carbocycles. The van der Waals surface area contributed by atoms with E-state index >= 15 is 0 Å². The minimum absolute atomic E-state index is 0. The highest BCUT2D eigenvalue weighted by molar-refractivity contribution is 5.92. The summed E-state index contributed by atoms with van der Waals surface area (Å²) in [6.45, 7) is 12.4. The Balaban J connectivity index is -0.000000314. The fourth-order valence-corrected chi connectivity index (χ4v) is 6.04. The molecule has 0 aliphatic heterocycles. The maximum absolute atomic E-state index is 12.7. The number of amides is 4. The Kier molecular flexibility index (Phi) is 47.1. The van der Waals surface area contributed by atoms with Gasteiger partial charge in [0.05, 0.1) is 12.1 Å². The summed E-state index contributed by atoms with van der Waals surface area (Å²) in [6, 6.07) is -4.64. The molecule has 0 saturated heterocycles. The molecule has 59 heavy (non-hydrogen) atoms. The summed E-state index contributed by atoms with van der Waals surface area (Å²) in [4.78, 5) is 73.0. The number of unbranched alkanes of at least 4 members (excludes halogenated alkanes) is 12. The molecule has 0 radical (unpaired) electrons. The van der Waals surface area contributed by atoms with Crippen LogP contribution < -0.4 is 32.7 Å². The minimum atomic E-state index is -1.04. The average Bonchev–Trinajstić information content (AvgIpc) is 3.16. The van der Waals surface area contributed by atoms with Gasteiger partial charge in [0.25, 0.3) is 0 Å². The maximum Gasteiger partial charge on any atom is 0.326 e. The van der Waals surface area contributed by atoms with Crippen LogP contribution in [0.2, 0.25) is 0 Å². The summed E-state index contributed by atoms with van der Waals surface area (Å²) in [5, 5.41) is 29.5. The first-order chi connectivity index (χ1) is 26.7. The number of nitrogens with one attached hydrogen (secondary N) is 4. The molecule has 4 amide bonds. The van der Waals surface area contributed by atoms with Gasteiger partial charge in [0.2, 0.25) is 23.6 Å². The molecule has 14 heteroatoms. The molecular weight excluding hydrogens is 753 g/mol. The van der Waals surface area contributed by atoms with Crippen LogP contribution in [0.3, 0.4) is 0 Å². The van der Waals surface area contributed by atoms with E-state index in [9.17, 15) is 39.0 Å². The fraction of sp³-hybridized carbons (Fsp3) is 0.867. The summed E-state index contributed by atoms with van der Waals surface area (Å²) in [7, 11) is 0. The largest absolute Gasteiger partial charge is 0.480 e. The van der Waals surface area contributed by atoms with E-state index in [1.54, 1.807) is 0 Å². The minimum Gasteiger partial charge on any atom is -0.480 e. The standard InChI is InChI=1S/2C21H41N3O4.3CH4/c2*1-4-7-10-13-16(22)19(25)23-17(14-11-8-5-2)20(26)24-18(21(27)28)15-12-9-6-3;;;/h2*16-18H,4-15,22H2,1-3H3,(H,23,25)(H,24,26)(H,27,28);3*1H4. The van der Waals surface area contributed by atoms with Crippen LogP contribution in [0.15, 0.2) is 0 Å².